The first-order chi connectivity index (χ1) is 5.33. The average Bonchev–Trinajstić information content (AvgIpc) is 2.50. The maximum atomic E-state index is 12.7. The second kappa shape index (κ2) is 4.08. The molecule has 11 heavy (non-hydrogen) atoms. The molecule has 1 heteroatoms. The molecule has 0 aliphatic heterocycles. The number of hydrogen-bond acceptors (Lipinski definition) is 0. The Hall–Kier alpha value is -0.0700. The van der Waals surface area contributed by atoms with Crippen LogP contribution < -0.4 is 0 Å². The van der Waals surface area contributed by atoms with E-state index in [9.17, 15) is 4.39 Å². The van der Waals surface area contributed by atoms with Crippen LogP contribution in [0.5, 0.6) is 0 Å². The van der Waals surface area contributed by atoms with Gasteiger partial charge in [0, 0.05) is 0 Å². The van der Waals surface area contributed by atoms with Crippen molar-refractivity contribution in [2.45, 2.75) is 51.9 Å². The molecule has 0 aromatic rings. The Balaban J connectivity index is 2.33. The van der Waals surface area contributed by atoms with Gasteiger partial charge in [0.05, 0.1) is 6.67 Å². The van der Waals surface area contributed by atoms with Crippen LogP contribution in [0.4, 0.5) is 4.39 Å². The van der Waals surface area contributed by atoms with Crippen molar-refractivity contribution in [1.82, 2.24) is 0 Å². The molecule has 0 radical (unpaired) electrons. The third kappa shape index (κ3) is 2.18. The first-order valence-corrected chi connectivity index (χ1v) is 4.89. The van der Waals surface area contributed by atoms with Gasteiger partial charge in [-0.3, -0.25) is 4.39 Å². The van der Waals surface area contributed by atoms with E-state index in [4.69, 9.17) is 0 Å². The maximum Gasteiger partial charge on any atom is 0.0950 e. The molecule has 1 rings (SSSR count). The van der Waals surface area contributed by atoms with Crippen LogP contribution in [-0.2, 0) is 0 Å². The minimum atomic E-state index is -0.0764. The Morgan fingerprint density at radius 2 is 1.91 bits per heavy atom. The number of alkyl halides is 1. The highest BCUT2D eigenvalue weighted by atomic mass is 19.1. The van der Waals surface area contributed by atoms with E-state index >= 15 is 0 Å². The van der Waals surface area contributed by atoms with Crippen LogP contribution in [0.1, 0.15) is 51.9 Å². The molecule has 0 amide bonds. The molecule has 0 N–H and O–H groups in total. The third-order valence-corrected chi connectivity index (χ3v) is 3.01. The van der Waals surface area contributed by atoms with Crippen molar-refractivity contribution in [2.75, 3.05) is 6.67 Å². The van der Waals surface area contributed by atoms with E-state index in [1.165, 1.54) is 25.7 Å². The summed E-state index contributed by atoms with van der Waals surface area (Å²) in [5.74, 6) is 0. The minimum Gasteiger partial charge on any atom is -0.250 e. The molecule has 0 nitrogen and oxygen atoms in total. The van der Waals surface area contributed by atoms with Crippen LogP contribution in [0, 0.1) is 5.41 Å². The highest BCUT2D eigenvalue weighted by molar-refractivity contribution is 4.83. The summed E-state index contributed by atoms with van der Waals surface area (Å²) in [5.41, 5.74) is 0.121. The van der Waals surface area contributed by atoms with E-state index in [1.807, 2.05) is 0 Å². The summed E-state index contributed by atoms with van der Waals surface area (Å²) >= 11 is 0. The van der Waals surface area contributed by atoms with Crippen LogP contribution in [0.3, 0.4) is 0 Å². The first kappa shape index (κ1) is 9.02. The molecule has 66 valence electrons. The second-order valence-corrected chi connectivity index (χ2v) is 3.94. The molecule has 0 aromatic heterocycles. The Labute approximate surface area is 69.2 Å². The fourth-order valence-corrected chi connectivity index (χ4v) is 2.13. The summed E-state index contributed by atoms with van der Waals surface area (Å²) in [6.07, 6.45) is 8.35. The molecule has 0 bridgehead atoms. The maximum absolute atomic E-state index is 12.7. The van der Waals surface area contributed by atoms with Crippen LogP contribution in [0.25, 0.3) is 0 Å². The van der Waals surface area contributed by atoms with Gasteiger partial charge in [0.25, 0.3) is 0 Å². The van der Waals surface area contributed by atoms with E-state index in [2.05, 4.69) is 6.92 Å². The Morgan fingerprint density at radius 1 is 1.27 bits per heavy atom. The van der Waals surface area contributed by atoms with Crippen molar-refractivity contribution in [1.29, 1.82) is 0 Å². The largest absolute Gasteiger partial charge is 0.250 e. The highest BCUT2D eigenvalue weighted by Crippen LogP contribution is 2.42. The summed E-state index contributed by atoms with van der Waals surface area (Å²) < 4.78 is 12.7. The second-order valence-electron chi connectivity index (χ2n) is 3.94. The van der Waals surface area contributed by atoms with Crippen LogP contribution in [0.2, 0.25) is 0 Å². The SMILES string of the molecule is CCCCC1(CF)CCCC1. The predicted octanol–water partition coefficient (Wildman–Crippen LogP) is 3.71. The molecule has 1 aliphatic carbocycles. The molecule has 0 atom stereocenters. The molecule has 0 saturated heterocycles. The molecule has 1 saturated carbocycles. The van der Waals surface area contributed by atoms with Crippen LogP contribution in [0.15, 0.2) is 0 Å². The van der Waals surface area contributed by atoms with Crippen molar-refractivity contribution >= 4 is 0 Å². The lowest BCUT2D eigenvalue weighted by atomic mass is 9.83. The van der Waals surface area contributed by atoms with Gasteiger partial charge in [0.15, 0.2) is 0 Å². The number of rotatable bonds is 4. The molecule has 1 fully saturated rings. The Morgan fingerprint density at radius 3 is 2.36 bits per heavy atom. The van der Waals surface area contributed by atoms with Crippen molar-refractivity contribution in [3.8, 4) is 0 Å². The smallest absolute Gasteiger partial charge is 0.0950 e. The standard InChI is InChI=1S/C10H19F/c1-2-3-6-10(9-11)7-4-5-8-10/h2-9H2,1H3. The molecule has 1 aliphatic rings. The van der Waals surface area contributed by atoms with Gasteiger partial charge in [-0.15, -0.1) is 0 Å². The monoisotopic (exact) mass is 158 g/mol. The summed E-state index contributed by atoms with van der Waals surface area (Å²) in [4.78, 5) is 0. The van der Waals surface area contributed by atoms with E-state index in [0.29, 0.717) is 0 Å². The Bertz CT molecular complexity index is 103. The van der Waals surface area contributed by atoms with Gasteiger partial charge >= 0.3 is 0 Å². The van der Waals surface area contributed by atoms with Gasteiger partial charge in [-0.25, -0.2) is 0 Å². The van der Waals surface area contributed by atoms with Gasteiger partial charge in [0.2, 0.25) is 0 Å². The number of halogens is 1. The minimum absolute atomic E-state index is 0.0764. The number of hydrogen-bond donors (Lipinski definition) is 0. The molecule has 0 aromatic carbocycles. The van der Waals surface area contributed by atoms with Crippen molar-refractivity contribution < 1.29 is 4.39 Å². The lowest BCUT2D eigenvalue weighted by Crippen LogP contribution is -2.18. The number of unbranched alkanes of at least 4 members (excludes halogenated alkanes) is 1. The lowest BCUT2D eigenvalue weighted by molar-refractivity contribution is 0.191. The first-order valence-electron chi connectivity index (χ1n) is 4.89. The van der Waals surface area contributed by atoms with Crippen LogP contribution in [-0.4, -0.2) is 6.67 Å². The van der Waals surface area contributed by atoms with Crippen molar-refractivity contribution in [3.05, 3.63) is 0 Å². The van der Waals surface area contributed by atoms with Crippen LogP contribution >= 0.6 is 0 Å². The zero-order chi connectivity index (χ0) is 8.16. The Kier molecular flexibility index (Phi) is 3.35. The average molecular weight is 158 g/mol. The van der Waals surface area contributed by atoms with E-state index in [1.54, 1.807) is 0 Å². The molecule has 0 spiro atoms. The summed E-state index contributed by atoms with van der Waals surface area (Å²) in [6.45, 7) is 2.11. The van der Waals surface area contributed by atoms with Gasteiger partial charge in [0.1, 0.15) is 0 Å². The summed E-state index contributed by atoms with van der Waals surface area (Å²) in [7, 11) is 0. The fourth-order valence-electron chi connectivity index (χ4n) is 2.13. The normalized spacial score (nSPS) is 22.4. The highest BCUT2D eigenvalue weighted by Gasteiger charge is 2.32. The van der Waals surface area contributed by atoms with Gasteiger partial charge in [-0.2, -0.15) is 0 Å². The zero-order valence-electron chi connectivity index (χ0n) is 7.53. The lowest BCUT2D eigenvalue weighted by Gasteiger charge is -2.24. The summed E-state index contributed by atoms with van der Waals surface area (Å²) in [5, 5.41) is 0. The van der Waals surface area contributed by atoms with Gasteiger partial charge in [-0.1, -0.05) is 32.6 Å². The molecular weight excluding hydrogens is 139 g/mol. The third-order valence-electron chi connectivity index (χ3n) is 3.01. The van der Waals surface area contributed by atoms with Gasteiger partial charge in [-0.05, 0) is 24.7 Å². The quantitative estimate of drug-likeness (QED) is 0.585. The van der Waals surface area contributed by atoms with E-state index in [-0.39, 0.29) is 12.1 Å². The van der Waals surface area contributed by atoms with Crippen molar-refractivity contribution in [3.63, 3.8) is 0 Å². The zero-order valence-corrected chi connectivity index (χ0v) is 7.53. The topological polar surface area (TPSA) is 0 Å². The van der Waals surface area contributed by atoms with Crippen molar-refractivity contribution in [2.24, 2.45) is 5.41 Å². The fraction of sp³-hybridized carbons (Fsp3) is 1.00. The molecule has 0 heterocycles. The molecule has 0 unspecified atom stereocenters. The van der Waals surface area contributed by atoms with Gasteiger partial charge < -0.3 is 0 Å². The van der Waals surface area contributed by atoms with E-state index in [0.717, 1.165) is 19.3 Å². The van der Waals surface area contributed by atoms with E-state index < -0.39 is 0 Å². The molecular formula is C10H19F. The predicted molar refractivity (Wildman–Crippen MR) is 46.4 cm³/mol. The summed E-state index contributed by atoms with van der Waals surface area (Å²) in [6, 6.07) is 0.